The molecule has 0 aliphatic heterocycles. The first kappa shape index (κ1) is 22.1. The van der Waals surface area contributed by atoms with Crippen LogP contribution in [0.25, 0.3) is 0 Å². The fourth-order valence-electron chi connectivity index (χ4n) is 2.65. The molecule has 2 atom stereocenters. The number of para-hydroxylation sites is 1. The maximum atomic E-state index is 12.6. The summed E-state index contributed by atoms with van der Waals surface area (Å²) < 4.78 is 16.9. The van der Waals surface area contributed by atoms with Crippen LogP contribution < -0.4 is 19.5 Å². The quantitative estimate of drug-likeness (QED) is 0.685. The Hall–Kier alpha value is -3.20. The molecule has 2 aromatic rings. The van der Waals surface area contributed by atoms with E-state index in [9.17, 15) is 4.79 Å². The van der Waals surface area contributed by atoms with Gasteiger partial charge in [-0.15, -0.1) is 0 Å². The van der Waals surface area contributed by atoms with Crippen LogP contribution in [0.15, 0.2) is 42.5 Å². The van der Waals surface area contributed by atoms with E-state index in [0.717, 1.165) is 5.56 Å². The molecule has 0 radical (unpaired) electrons. The summed E-state index contributed by atoms with van der Waals surface area (Å²) in [6, 6.07) is 14.2. The van der Waals surface area contributed by atoms with Gasteiger partial charge in [-0.1, -0.05) is 32.0 Å². The van der Waals surface area contributed by atoms with Crippen molar-refractivity contribution < 1.29 is 19.0 Å². The molecular weight excluding hydrogens is 368 g/mol. The van der Waals surface area contributed by atoms with Gasteiger partial charge in [0.25, 0.3) is 5.91 Å². The smallest absolute Gasteiger partial charge is 0.261 e. The Bertz CT molecular complexity index is 873. The number of methoxy groups -OCH3 is 1. The van der Waals surface area contributed by atoms with E-state index < -0.39 is 6.10 Å². The highest BCUT2D eigenvalue weighted by Gasteiger charge is 2.20. The fraction of sp³-hybridized carbons (Fsp3) is 0.391. The van der Waals surface area contributed by atoms with Crippen LogP contribution in [-0.4, -0.2) is 25.7 Å². The standard InChI is InChI=1S/C23H28N2O4/c1-15(2)14-28-21-11-10-18(12-22(21)27-5)16(3)25-23(26)17(4)29-20-9-7-6-8-19(20)13-24/h6-12,15-17H,14H2,1-5H3,(H,25,26)/t16-,17-/m1/s1. The Morgan fingerprint density at radius 1 is 1.07 bits per heavy atom. The number of nitriles is 1. The van der Waals surface area contributed by atoms with Crippen LogP contribution in [0.4, 0.5) is 0 Å². The minimum absolute atomic E-state index is 0.257. The number of ether oxygens (including phenoxy) is 3. The summed E-state index contributed by atoms with van der Waals surface area (Å²) in [7, 11) is 1.59. The molecule has 0 aliphatic rings. The molecule has 0 heterocycles. The van der Waals surface area contributed by atoms with E-state index in [1.807, 2.05) is 25.1 Å². The zero-order chi connectivity index (χ0) is 21.4. The summed E-state index contributed by atoms with van der Waals surface area (Å²) in [5.41, 5.74) is 1.28. The predicted octanol–water partition coefficient (Wildman–Crippen LogP) is 4.25. The SMILES string of the molecule is COc1cc([C@@H](C)NC(=O)[C@@H](C)Oc2ccccc2C#N)ccc1OCC(C)C. The van der Waals surface area contributed by atoms with E-state index in [-0.39, 0.29) is 11.9 Å². The first-order valence-electron chi connectivity index (χ1n) is 9.62. The van der Waals surface area contributed by atoms with Gasteiger partial charge in [-0.3, -0.25) is 4.79 Å². The lowest BCUT2D eigenvalue weighted by atomic mass is 10.1. The molecule has 0 aliphatic carbocycles. The molecule has 29 heavy (non-hydrogen) atoms. The lowest BCUT2D eigenvalue weighted by molar-refractivity contribution is -0.127. The number of benzene rings is 2. The van der Waals surface area contributed by atoms with Crippen molar-refractivity contribution in [2.24, 2.45) is 5.92 Å². The Kier molecular flexibility index (Phi) is 7.90. The molecule has 2 aromatic carbocycles. The van der Waals surface area contributed by atoms with Crippen LogP contribution in [0, 0.1) is 17.2 Å². The van der Waals surface area contributed by atoms with Gasteiger partial charge in [0.1, 0.15) is 11.8 Å². The lowest BCUT2D eigenvalue weighted by Gasteiger charge is -2.20. The number of hydrogen-bond acceptors (Lipinski definition) is 5. The molecule has 2 rings (SSSR count). The number of nitrogens with zero attached hydrogens (tertiary/aromatic N) is 1. The van der Waals surface area contributed by atoms with E-state index in [4.69, 9.17) is 19.5 Å². The normalized spacial score (nSPS) is 12.6. The minimum Gasteiger partial charge on any atom is -0.493 e. The number of nitrogens with one attached hydrogen (secondary N) is 1. The van der Waals surface area contributed by atoms with Crippen LogP contribution in [-0.2, 0) is 4.79 Å². The second-order valence-electron chi connectivity index (χ2n) is 7.21. The number of rotatable bonds is 9. The maximum Gasteiger partial charge on any atom is 0.261 e. The zero-order valence-electron chi connectivity index (χ0n) is 17.6. The first-order valence-corrected chi connectivity index (χ1v) is 9.62. The monoisotopic (exact) mass is 396 g/mol. The molecular formula is C23H28N2O4. The Morgan fingerprint density at radius 3 is 2.45 bits per heavy atom. The molecule has 0 bridgehead atoms. The van der Waals surface area contributed by atoms with Crippen LogP contribution in [0.3, 0.4) is 0 Å². The van der Waals surface area contributed by atoms with E-state index in [0.29, 0.717) is 35.3 Å². The molecule has 1 N–H and O–H groups in total. The third-order valence-corrected chi connectivity index (χ3v) is 4.30. The van der Waals surface area contributed by atoms with Crippen LogP contribution in [0.1, 0.15) is 44.9 Å². The van der Waals surface area contributed by atoms with Crippen molar-refractivity contribution in [1.82, 2.24) is 5.32 Å². The summed E-state index contributed by atoms with van der Waals surface area (Å²) in [5, 5.41) is 12.1. The van der Waals surface area contributed by atoms with Crippen molar-refractivity contribution in [2.75, 3.05) is 13.7 Å². The molecule has 6 heteroatoms. The van der Waals surface area contributed by atoms with E-state index in [2.05, 4.69) is 25.2 Å². The molecule has 0 aromatic heterocycles. The van der Waals surface area contributed by atoms with Crippen molar-refractivity contribution in [3.05, 3.63) is 53.6 Å². The van der Waals surface area contributed by atoms with E-state index in [1.165, 1.54) is 0 Å². The van der Waals surface area contributed by atoms with Gasteiger partial charge in [-0.25, -0.2) is 0 Å². The summed E-state index contributed by atoms with van der Waals surface area (Å²) in [4.78, 5) is 12.6. The van der Waals surface area contributed by atoms with Gasteiger partial charge in [0, 0.05) is 0 Å². The van der Waals surface area contributed by atoms with Crippen LogP contribution in [0.2, 0.25) is 0 Å². The summed E-state index contributed by atoms with van der Waals surface area (Å²) in [6.07, 6.45) is -0.748. The second-order valence-corrected chi connectivity index (χ2v) is 7.21. The van der Waals surface area contributed by atoms with Gasteiger partial charge in [0.2, 0.25) is 0 Å². The van der Waals surface area contributed by atoms with Crippen molar-refractivity contribution in [1.29, 1.82) is 5.26 Å². The van der Waals surface area contributed by atoms with Crippen molar-refractivity contribution in [3.8, 4) is 23.3 Å². The average Bonchev–Trinajstić information content (AvgIpc) is 2.72. The highest BCUT2D eigenvalue weighted by molar-refractivity contribution is 5.81. The van der Waals surface area contributed by atoms with Gasteiger partial charge in [0.15, 0.2) is 17.6 Å². The number of amides is 1. The zero-order valence-corrected chi connectivity index (χ0v) is 17.6. The Morgan fingerprint density at radius 2 is 1.79 bits per heavy atom. The molecule has 6 nitrogen and oxygen atoms in total. The molecule has 1 amide bonds. The van der Waals surface area contributed by atoms with Gasteiger partial charge in [0.05, 0.1) is 25.3 Å². The summed E-state index contributed by atoms with van der Waals surface area (Å²) in [5.74, 6) is 1.82. The van der Waals surface area contributed by atoms with Gasteiger partial charge in [-0.2, -0.15) is 5.26 Å². The van der Waals surface area contributed by atoms with Gasteiger partial charge < -0.3 is 19.5 Å². The van der Waals surface area contributed by atoms with Gasteiger partial charge in [-0.05, 0) is 49.6 Å². The number of carbonyl (C=O) groups excluding carboxylic acids is 1. The van der Waals surface area contributed by atoms with Crippen LogP contribution in [0.5, 0.6) is 17.2 Å². The van der Waals surface area contributed by atoms with Gasteiger partial charge >= 0.3 is 0 Å². The average molecular weight is 396 g/mol. The maximum absolute atomic E-state index is 12.6. The summed E-state index contributed by atoms with van der Waals surface area (Å²) in [6.45, 7) is 8.30. The molecule has 0 saturated carbocycles. The topological polar surface area (TPSA) is 80.6 Å². The largest absolute Gasteiger partial charge is 0.493 e. The molecule has 0 spiro atoms. The van der Waals surface area contributed by atoms with Crippen molar-refractivity contribution >= 4 is 5.91 Å². The van der Waals surface area contributed by atoms with Crippen molar-refractivity contribution in [3.63, 3.8) is 0 Å². The number of hydrogen-bond donors (Lipinski definition) is 1. The van der Waals surface area contributed by atoms with E-state index in [1.54, 1.807) is 38.3 Å². The highest BCUT2D eigenvalue weighted by atomic mass is 16.5. The third kappa shape index (κ3) is 6.15. The van der Waals surface area contributed by atoms with Crippen LogP contribution >= 0.6 is 0 Å². The Labute approximate surface area is 172 Å². The fourth-order valence-corrected chi connectivity index (χ4v) is 2.65. The second kappa shape index (κ2) is 10.4. The molecule has 0 saturated heterocycles. The number of carbonyl (C=O) groups is 1. The molecule has 0 unspecified atom stereocenters. The Balaban J connectivity index is 2.04. The molecule has 0 fully saturated rings. The van der Waals surface area contributed by atoms with Crippen molar-refractivity contribution in [2.45, 2.75) is 39.8 Å². The first-order chi connectivity index (χ1) is 13.8. The molecule has 154 valence electrons. The lowest BCUT2D eigenvalue weighted by Crippen LogP contribution is -2.37. The van der Waals surface area contributed by atoms with E-state index >= 15 is 0 Å². The summed E-state index contributed by atoms with van der Waals surface area (Å²) >= 11 is 0. The minimum atomic E-state index is -0.748. The third-order valence-electron chi connectivity index (χ3n) is 4.30. The predicted molar refractivity (Wildman–Crippen MR) is 111 cm³/mol. The highest BCUT2D eigenvalue weighted by Crippen LogP contribution is 2.30.